The number of hydrogen-bond acceptors (Lipinski definition) is 3. The minimum absolute atomic E-state index is 0.00731. The third-order valence-corrected chi connectivity index (χ3v) is 7.94. The molecule has 3 aliphatic rings. The third-order valence-electron chi connectivity index (χ3n) is 7.94. The normalized spacial score (nSPS) is 23.2. The summed E-state index contributed by atoms with van der Waals surface area (Å²) >= 11 is 0. The largest absolute Gasteiger partial charge is 0.348 e. The molecule has 2 atom stereocenters. The van der Waals surface area contributed by atoms with Gasteiger partial charge in [0.05, 0.1) is 27.6 Å². The fourth-order valence-electron chi connectivity index (χ4n) is 6.65. The van der Waals surface area contributed by atoms with Gasteiger partial charge in [0.1, 0.15) is 6.23 Å². The zero-order valence-electron chi connectivity index (χ0n) is 18.5. The van der Waals surface area contributed by atoms with E-state index in [9.17, 15) is 4.79 Å². The van der Waals surface area contributed by atoms with Crippen LogP contribution in [0, 0.1) is 13.8 Å². The van der Waals surface area contributed by atoms with Gasteiger partial charge in [-0.15, -0.1) is 0 Å². The van der Waals surface area contributed by atoms with E-state index in [1.165, 1.54) is 11.1 Å². The molecule has 3 aliphatic heterocycles. The van der Waals surface area contributed by atoms with Gasteiger partial charge in [-0.3, -0.25) is 9.36 Å². The molecule has 0 radical (unpaired) electrons. The molecule has 0 saturated carbocycles. The summed E-state index contributed by atoms with van der Waals surface area (Å²) in [5.74, 6) is -0.847. The van der Waals surface area contributed by atoms with E-state index in [0.29, 0.717) is 6.54 Å². The van der Waals surface area contributed by atoms with Crippen molar-refractivity contribution in [2.45, 2.75) is 45.3 Å². The standard InChI is InChI=1S/C27H22N4O2/c1-13-4-6-18-15(10-13)22-23-17(12-29-26(23)32)21-16-11-14(2)5-7-19(16)31-25(21)24(22)30(18)20-8-9-27(31,28-3)33-20/h4-7,10-11,20H,3,8-9,12H2,1-2H3,(H,29,32)/t20-,27-/m0/s1. The van der Waals surface area contributed by atoms with Crippen LogP contribution in [0.5, 0.6) is 0 Å². The number of hydrogen-bond donors (Lipinski definition) is 1. The fraction of sp³-hybridized carbons (Fsp3) is 0.259. The van der Waals surface area contributed by atoms with Crippen molar-refractivity contribution >= 4 is 56.2 Å². The van der Waals surface area contributed by atoms with Gasteiger partial charge in [-0.1, -0.05) is 23.3 Å². The molecule has 0 spiro atoms. The van der Waals surface area contributed by atoms with Gasteiger partial charge in [0.25, 0.3) is 5.91 Å². The molecule has 1 N–H and O–H groups in total. The predicted molar refractivity (Wildman–Crippen MR) is 130 cm³/mol. The van der Waals surface area contributed by atoms with Crippen LogP contribution in [-0.4, -0.2) is 21.8 Å². The molecule has 1 saturated heterocycles. The number of nitrogens with one attached hydrogen (secondary N) is 1. The van der Waals surface area contributed by atoms with E-state index in [2.05, 4.69) is 76.4 Å². The molecule has 1 amide bonds. The zero-order chi connectivity index (χ0) is 22.2. The lowest BCUT2D eigenvalue weighted by atomic mass is 9.96. The van der Waals surface area contributed by atoms with Crippen LogP contribution in [0.3, 0.4) is 0 Å². The SMILES string of the molecule is C=N[C@]12CC[C@H](O1)n1c3ccc(C)cc3c3c4c(c5c6cc(C)ccc6n2c5c31)CNC4=O. The van der Waals surface area contributed by atoms with Gasteiger partial charge >= 0.3 is 0 Å². The van der Waals surface area contributed by atoms with Crippen molar-refractivity contribution in [2.24, 2.45) is 4.99 Å². The van der Waals surface area contributed by atoms with Gasteiger partial charge in [-0.25, -0.2) is 4.99 Å². The molecule has 5 aromatic rings. The minimum atomic E-state index is -0.854. The summed E-state index contributed by atoms with van der Waals surface area (Å²) in [6.45, 7) is 8.73. The average molecular weight is 434 g/mol. The Bertz CT molecular complexity index is 1770. The molecule has 3 aromatic carbocycles. The lowest BCUT2D eigenvalue weighted by Gasteiger charge is -2.27. The number of aliphatic imine (C=N–C) groups is 1. The number of aromatic nitrogens is 2. The Balaban J connectivity index is 1.79. The van der Waals surface area contributed by atoms with Crippen LogP contribution < -0.4 is 5.32 Å². The van der Waals surface area contributed by atoms with E-state index >= 15 is 0 Å². The molecule has 0 unspecified atom stereocenters. The monoisotopic (exact) mass is 434 g/mol. The number of rotatable bonds is 1. The van der Waals surface area contributed by atoms with E-state index in [-0.39, 0.29) is 12.1 Å². The number of ether oxygens (including phenoxy) is 1. The van der Waals surface area contributed by atoms with Gasteiger partial charge in [0.2, 0.25) is 5.85 Å². The number of benzene rings is 3. The number of fused-ring (bicyclic) bond motifs is 13. The molecular formula is C27H22N4O2. The Morgan fingerprint density at radius 2 is 1.79 bits per heavy atom. The van der Waals surface area contributed by atoms with Gasteiger partial charge in [-0.05, 0) is 56.8 Å². The number of nitrogens with zero attached hydrogens (tertiary/aromatic N) is 3. The molecule has 162 valence electrons. The van der Waals surface area contributed by atoms with Crippen molar-refractivity contribution in [3.8, 4) is 0 Å². The second-order valence-electron chi connectivity index (χ2n) is 9.74. The minimum Gasteiger partial charge on any atom is -0.348 e. The van der Waals surface area contributed by atoms with Gasteiger partial charge < -0.3 is 14.6 Å². The maximum Gasteiger partial charge on any atom is 0.252 e. The molecule has 6 heteroatoms. The lowest BCUT2D eigenvalue weighted by molar-refractivity contribution is -0.106. The Morgan fingerprint density at radius 3 is 2.55 bits per heavy atom. The number of amides is 1. The number of aryl methyl sites for hydroxylation is 2. The maximum absolute atomic E-state index is 13.3. The summed E-state index contributed by atoms with van der Waals surface area (Å²) in [5.41, 5.74) is 8.61. The molecule has 8 rings (SSSR count). The molecule has 33 heavy (non-hydrogen) atoms. The molecule has 0 aliphatic carbocycles. The molecule has 2 aromatic heterocycles. The smallest absolute Gasteiger partial charge is 0.252 e. The second-order valence-corrected chi connectivity index (χ2v) is 9.74. The van der Waals surface area contributed by atoms with Crippen molar-refractivity contribution in [2.75, 3.05) is 0 Å². The van der Waals surface area contributed by atoms with Crippen LogP contribution in [0.15, 0.2) is 41.4 Å². The van der Waals surface area contributed by atoms with Crippen LogP contribution >= 0.6 is 0 Å². The van der Waals surface area contributed by atoms with Crippen LogP contribution in [0.1, 0.15) is 46.1 Å². The summed E-state index contributed by atoms with van der Waals surface area (Å²) in [6.07, 6.45) is 1.43. The number of carbonyl (C=O) groups is 1. The quantitative estimate of drug-likeness (QED) is 0.359. The Labute approximate surface area is 189 Å². The fourth-order valence-corrected chi connectivity index (χ4v) is 6.65. The Morgan fingerprint density at radius 1 is 1.06 bits per heavy atom. The summed E-state index contributed by atoms with van der Waals surface area (Å²) in [5, 5.41) is 7.54. The number of carbonyl (C=O) groups excluding carboxylic acids is 1. The highest BCUT2D eigenvalue weighted by atomic mass is 16.6. The van der Waals surface area contributed by atoms with Crippen molar-refractivity contribution < 1.29 is 9.53 Å². The predicted octanol–water partition coefficient (Wildman–Crippen LogP) is 5.40. The highest BCUT2D eigenvalue weighted by Crippen LogP contribution is 2.54. The lowest BCUT2D eigenvalue weighted by Crippen LogP contribution is -2.29. The Hall–Kier alpha value is -3.64. The first-order valence-electron chi connectivity index (χ1n) is 11.5. The third kappa shape index (κ3) is 1.84. The van der Waals surface area contributed by atoms with Gasteiger partial charge in [-0.2, -0.15) is 0 Å². The maximum atomic E-state index is 13.3. The van der Waals surface area contributed by atoms with Crippen molar-refractivity contribution in [3.05, 3.63) is 58.7 Å². The first-order valence-corrected chi connectivity index (χ1v) is 11.5. The summed E-state index contributed by atoms with van der Waals surface area (Å²) in [6, 6.07) is 13.0. The average Bonchev–Trinajstić information content (AvgIpc) is 3.52. The van der Waals surface area contributed by atoms with Gasteiger partial charge in [0.15, 0.2) is 0 Å². The van der Waals surface area contributed by atoms with E-state index < -0.39 is 5.85 Å². The molecule has 1 fully saturated rings. The molecule has 5 heterocycles. The van der Waals surface area contributed by atoms with Crippen LogP contribution in [0.4, 0.5) is 0 Å². The molecular weight excluding hydrogens is 412 g/mol. The second kappa shape index (κ2) is 5.46. The summed E-state index contributed by atoms with van der Waals surface area (Å²) in [4.78, 5) is 17.9. The summed E-state index contributed by atoms with van der Waals surface area (Å²) < 4.78 is 11.4. The summed E-state index contributed by atoms with van der Waals surface area (Å²) in [7, 11) is 0. The first-order chi connectivity index (χ1) is 16.0. The van der Waals surface area contributed by atoms with E-state index in [0.717, 1.165) is 67.6 Å². The molecule has 6 nitrogen and oxygen atoms in total. The highest BCUT2D eigenvalue weighted by molar-refractivity contribution is 6.31. The van der Waals surface area contributed by atoms with E-state index in [1.54, 1.807) is 0 Å². The Kier molecular flexibility index (Phi) is 2.95. The van der Waals surface area contributed by atoms with Crippen LogP contribution in [-0.2, 0) is 17.1 Å². The zero-order valence-corrected chi connectivity index (χ0v) is 18.5. The van der Waals surface area contributed by atoms with Crippen LogP contribution in [0.2, 0.25) is 0 Å². The van der Waals surface area contributed by atoms with Crippen molar-refractivity contribution in [3.63, 3.8) is 0 Å². The topological polar surface area (TPSA) is 60.5 Å². The van der Waals surface area contributed by atoms with E-state index in [4.69, 9.17) is 4.74 Å². The van der Waals surface area contributed by atoms with Gasteiger partial charge in [0, 0.05) is 34.5 Å². The van der Waals surface area contributed by atoms with E-state index in [1.807, 2.05) is 0 Å². The van der Waals surface area contributed by atoms with Crippen molar-refractivity contribution in [1.82, 2.24) is 14.5 Å². The first kappa shape index (κ1) is 17.9. The highest BCUT2D eigenvalue weighted by Gasteiger charge is 2.48. The van der Waals surface area contributed by atoms with Crippen molar-refractivity contribution in [1.29, 1.82) is 0 Å². The van der Waals surface area contributed by atoms with Crippen LogP contribution in [0.25, 0.3) is 43.6 Å². The molecule has 2 bridgehead atoms.